The quantitative estimate of drug-likeness (QED) is 0.284. The smallest absolute Gasteiger partial charge is 0.344 e. The zero-order valence-corrected chi connectivity index (χ0v) is 21.2. The molecule has 0 fully saturated rings. The van der Waals surface area contributed by atoms with E-state index in [0.29, 0.717) is 16.5 Å². The first kappa shape index (κ1) is 23.7. The van der Waals surface area contributed by atoms with Crippen molar-refractivity contribution in [3.63, 3.8) is 0 Å². The van der Waals surface area contributed by atoms with Gasteiger partial charge in [-0.3, -0.25) is 0 Å². The summed E-state index contributed by atoms with van der Waals surface area (Å²) in [5.41, 5.74) is 10.5. The molecule has 5 rings (SSSR count). The molecule has 0 amide bonds. The van der Waals surface area contributed by atoms with Gasteiger partial charge in [0.25, 0.3) is 0 Å². The van der Waals surface area contributed by atoms with Crippen molar-refractivity contribution in [2.24, 2.45) is 5.73 Å². The van der Waals surface area contributed by atoms with Gasteiger partial charge in [0.1, 0.15) is 22.4 Å². The molecule has 36 heavy (non-hydrogen) atoms. The molecule has 0 radical (unpaired) electrons. The first-order chi connectivity index (χ1) is 17.3. The molecule has 1 aliphatic heterocycles. The number of anilines is 1. The van der Waals surface area contributed by atoms with E-state index in [4.69, 9.17) is 26.5 Å². The highest BCUT2D eigenvalue weighted by Crippen LogP contribution is 2.46. The van der Waals surface area contributed by atoms with Gasteiger partial charge in [-0.25, -0.2) is 9.78 Å². The average molecular weight is 501 g/mol. The van der Waals surface area contributed by atoms with Crippen molar-refractivity contribution in [3.05, 3.63) is 85.7 Å². The lowest BCUT2D eigenvalue weighted by molar-refractivity contribution is 0.388. The maximum atomic E-state index is 13.4. The number of aryl methyl sites for hydroxylation is 2. The van der Waals surface area contributed by atoms with Crippen molar-refractivity contribution in [1.29, 1.82) is 5.26 Å². The van der Waals surface area contributed by atoms with Crippen LogP contribution in [0.3, 0.4) is 0 Å². The number of pyridine rings is 1. The summed E-state index contributed by atoms with van der Waals surface area (Å²) in [6, 6.07) is 13.6. The van der Waals surface area contributed by atoms with Gasteiger partial charge in [-0.1, -0.05) is 17.7 Å². The molecule has 0 spiro atoms. The Bertz CT molecular complexity index is 1680. The van der Waals surface area contributed by atoms with Crippen LogP contribution in [0.25, 0.3) is 21.9 Å². The first-order valence-electron chi connectivity index (χ1n) is 11.8. The maximum absolute atomic E-state index is 13.4. The van der Waals surface area contributed by atoms with Gasteiger partial charge in [-0.2, -0.15) is 5.26 Å². The van der Waals surface area contributed by atoms with Crippen molar-refractivity contribution in [2.75, 3.05) is 18.0 Å². The number of nitrogens with two attached hydrogens (primary N) is 1. The third-order valence-corrected chi connectivity index (χ3v) is 7.06. The predicted molar refractivity (Wildman–Crippen MR) is 142 cm³/mol. The molecule has 3 heterocycles. The van der Waals surface area contributed by atoms with Crippen LogP contribution in [0.4, 0.5) is 5.69 Å². The fraction of sp³-hybridized carbons (Fsp3) is 0.250. The zero-order chi connectivity index (χ0) is 25.7. The minimum Gasteiger partial charge on any atom is -0.439 e. The second-order valence-electron chi connectivity index (χ2n) is 8.93. The highest BCUT2D eigenvalue weighted by molar-refractivity contribution is 6.30. The second-order valence-corrected chi connectivity index (χ2v) is 9.28. The summed E-state index contributed by atoms with van der Waals surface area (Å²) in [5.74, 6) is -0.691. The van der Waals surface area contributed by atoms with Crippen LogP contribution in [0.1, 0.15) is 42.0 Å². The molecule has 4 aromatic rings. The SMILES string of the molecule is CCN(CC)c1ccc2c3c(c(=O)oc2c1)C(c1cc2c(C)cc(C)cc2nc1Cl)C(C#N)=C(N)O3. The molecule has 2 N–H and O–H groups in total. The lowest BCUT2D eigenvalue weighted by Gasteiger charge is -2.27. The molecule has 1 atom stereocenters. The Kier molecular flexibility index (Phi) is 5.85. The predicted octanol–water partition coefficient (Wildman–Crippen LogP) is 5.68. The van der Waals surface area contributed by atoms with Gasteiger partial charge in [0, 0.05) is 35.8 Å². The Morgan fingerprint density at radius 3 is 2.58 bits per heavy atom. The van der Waals surface area contributed by atoms with Crippen LogP contribution in [0.2, 0.25) is 5.15 Å². The molecule has 1 aliphatic rings. The Morgan fingerprint density at radius 2 is 1.89 bits per heavy atom. The molecule has 182 valence electrons. The number of benzene rings is 2. The number of nitrogens with zero attached hydrogens (tertiary/aromatic N) is 3. The van der Waals surface area contributed by atoms with Crippen molar-refractivity contribution in [1.82, 2.24) is 4.98 Å². The topological polar surface area (TPSA) is 105 Å². The number of halogens is 1. The average Bonchev–Trinajstić information content (AvgIpc) is 2.83. The van der Waals surface area contributed by atoms with Crippen LogP contribution >= 0.6 is 11.6 Å². The van der Waals surface area contributed by atoms with Gasteiger partial charge in [0.05, 0.1) is 22.4 Å². The van der Waals surface area contributed by atoms with Crippen LogP contribution in [0.5, 0.6) is 5.75 Å². The number of hydrogen-bond acceptors (Lipinski definition) is 7. The number of ether oxygens (including phenoxy) is 1. The van der Waals surface area contributed by atoms with Crippen molar-refractivity contribution < 1.29 is 9.15 Å². The summed E-state index contributed by atoms with van der Waals surface area (Å²) in [7, 11) is 0. The van der Waals surface area contributed by atoms with Gasteiger partial charge in [0.15, 0.2) is 5.75 Å². The number of nitriles is 1. The van der Waals surface area contributed by atoms with Gasteiger partial charge in [0.2, 0.25) is 5.88 Å². The molecule has 8 heteroatoms. The molecule has 2 aromatic carbocycles. The Morgan fingerprint density at radius 1 is 1.14 bits per heavy atom. The van der Waals surface area contributed by atoms with E-state index in [2.05, 4.69) is 29.8 Å². The highest BCUT2D eigenvalue weighted by Gasteiger charge is 2.37. The zero-order valence-electron chi connectivity index (χ0n) is 20.5. The van der Waals surface area contributed by atoms with Crippen molar-refractivity contribution in [3.8, 4) is 11.8 Å². The van der Waals surface area contributed by atoms with E-state index in [0.717, 1.165) is 40.8 Å². The fourth-order valence-corrected chi connectivity index (χ4v) is 5.28. The van der Waals surface area contributed by atoms with Crippen molar-refractivity contribution in [2.45, 2.75) is 33.6 Å². The van der Waals surface area contributed by atoms with Crippen LogP contribution < -0.4 is 21.0 Å². The Labute approximate surface area is 213 Å². The highest BCUT2D eigenvalue weighted by atomic mass is 35.5. The molecular weight excluding hydrogens is 476 g/mol. The lowest BCUT2D eigenvalue weighted by Crippen LogP contribution is -2.27. The number of aromatic nitrogens is 1. The molecular formula is C28H25ClN4O3. The van der Waals surface area contributed by atoms with E-state index < -0.39 is 11.5 Å². The van der Waals surface area contributed by atoms with Crippen LogP contribution in [0.15, 0.2) is 57.1 Å². The molecule has 0 bridgehead atoms. The van der Waals surface area contributed by atoms with Crippen molar-refractivity contribution >= 4 is 39.2 Å². The fourth-order valence-electron chi connectivity index (χ4n) is 5.03. The number of rotatable bonds is 4. The molecule has 1 unspecified atom stereocenters. The summed E-state index contributed by atoms with van der Waals surface area (Å²) in [4.78, 5) is 20.2. The van der Waals surface area contributed by atoms with E-state index in [9.17, 15) is 10.1 Å². The standard InChI is InChI=1S/C28H25ClN4O3/c1-5-33(6-2)16-7-8-17-22(11-16)35-28(34)24-23(20(13-30)27(31)36-25(17)24)19-12-18-15(4)9-14(3)10-21(18)32-26(19)29/h7-12,23H,5-6,31H2,1-4H3. The Hall–Kier alpha value is -4.02. The number of allylic oxidation sites excluding steroid dienone is 1. The summed E-state index contributed by atoms with van der Waals surface area (Å²) in [6.07, 6.45) is 0. The van der Waals surface area contributed by atoms with E-state index in [1.807, 2.05) is 50.2 Å². The Balaban J connectivity index is 1.80. The normalized spacial score (nSPS) is 15.1. The van der Waals surface area contributed by atoms with E-state index in [1.54, 1.807) is 0 Å². The molecule has 7 nitrogen and oxygen atoms in total. The molecule has 0 aliphatic carbocycles. The monoisotopic (exact) mass is 500 g/mol. The summed E-state index contributed by atoms with van der Waals surface area (Å²) < 4.78 is 11.7. The third-order valence-electron chi connectivity index (χ3n) is 6.76. The van der Waals surface area contributed by atoms with Gasteiger partial charge >= 0.3 is 5.63 Å². The third kappa shape index (κ3) is 3.66. The van der Waals surface area contributed by atoms with Crippen LogP contribution in [-0.2, 0) is 0 Å². The summed E-state index contributed by atoms with van der Waals surface area (Å²) in [5, 5.41) is 11.6. The summed E-state index contributed by atoms with van der Waals surface area (Å²) in [6.45, 7) is 9.71. The van der Waals surface area contributed by atoms with Gasteiger partial charge in [-0.05, 0) is 63.1 Å². The van der Waals surface area contributed by atoms with Gasteiger partial charge < -0.3 is 19.8 Å². The summed E-state index contributed by atoms with van der Waals surface area (Å²) >= 11 is 6.67. The molecule has 0 saturated heterocycles. The second kappa shape index (κ2) is 8.89. The first-order valence-corrected chi connectivity index (χ1v) is 12.2. The van der Waals surface area contributed by atoms with E-state index in [-0.39, 0.29) is 27.9 Å². The van der Waals surface area contributed by atoms with E-state index in [1.165, 1.54) is 0 Å². The van der Waals surface area contributed by atoms with E-state index >= 15 is 0 Å². The maximum Gasteiger partial charge on any atom is 0.344 e. The number of fused-ring (bicyclic) bond motifs is 4. The molecule has 2 aromatic heterocycles. The minimum atomic E-state index is -0.882. The number of hydrogen-bond donors (Lipinski definition) is 1. The molecule has 0 saturated carbocycles. The lowest BCUT2D eigenvalue weighted by atomic mass is 9.83. The minimum absolute atomic E-state index is 0.0773. The largest absolute Gasteiger partial charge is 0.439 e. The van der Waals surface area contributed by atoms with Gasteiger partial charge in [-0.15, -0.1) is 0 Å². The van der Waals surface area contributed by atoms with Crippen LogP contribution in [-0.4, -0.2) is 18.1 Å². The van der Waals surface area contributed by atoms with Crippen LogP contribution in [0, 0.1) is 25.2 Å².